The van der Waals surface area contributed by atoms with Gasteiger partial charge in [0.25, 0.3) is 0 Å². The molecule has 0 radical (unpaired) electrons. The van der Waals surface area contributed by atoms with Gasteiger partial charge < -0.3 is 15.0 Å². The van der Waals surface area contributed by atoms with Gasteiger partial charge in [0, 0.05) is 18.6 Å². The van der Waals surface area contributed by atoms with Gasteiger partial charge in [-0.15, -0.1) is 0 Å². The van der Waals surface area contributed by atoms with E-state index in [-0.39, 0.29) is 11.5 Å². The molecule has 0 aromatic heterocycles. The lowest BCUT2D eigenvalue weighted by Gasteiger charge is -2.32. The molecule has 0 heterocycles. The fourth-order valence-corrected chi connectivity index (χ4v) is 0.845. The summed E-state index contributed by atoms with van der Waals surface area (Å²) in [6.45, 7) is 5.83. The summed E-state index contributed by atoms with van der Waals surface area (Å²) in [5.74, 6) is -0.167. The van der Waals surface area contributed by atoms with Crippen molar-refractivity contribution in [3.8, 4) is 0 Å². The van der Waals surface area contributed by atoms with E-state index in [1.165, 1.54) is 7.11 Å². The summed E-state index contributed by atoms with van der Waals surface area (Å²) in [6.07, 6.45) is 0.431. The average Bonchev–Trinajstić information content (AvgIpc) is 2.11. The summed E-state index contributed by atoms with van der Waals surface area (Å²) in [6, 6.07) is 0. The zero-order valence-corrected chi connectivity index (χ0v) is 9.89. The first kappa shape index (κ1) is 13.4. The lowest BCUT2D eigenvalue weighted by Crippen LogP contribution is -2.47. The number of carbonyl (C=O) groups excluding carboxylic acids is 1. The van der Waals surface area contributed by atoms with Crippen molar-refractivity contribution in [1.29, 1.82) is 0 Å². The van der Waals surface area contributed by atoms with E-state index in [1.807, 2.05) is 14.1 Å². The summed E-state index contributed by atoms with van der Waals surface area (Å²) in [5, 5.41) is 3.23. The zero-order chi connectivity index (χ0) is 11.2. The Kier molecular flexibility index (Phi) is 5.72. The van der Waals surface area contributed by atoms with Crippen LogP contribution < -0.4 is 5.32 Å². The minimum atomic E-state index is -0.167. The minimum Gasteiger partial charge on any atom is -0.469 e. The number of hydrogen-bond donors (Lipinski definition) is 1. The number of carbonyl (C=O) groups is 1. The first-order valence-electron chi connectivity index (χ1n) is 4.85. The largest absolute Gasteiger partial charge is 0.469 e. The molecule has 0 fully saturated rings. The van der Waals surface area contributed by atoms with E-state index in [9.17, 15) is 4.79 Å². The van der Waals surface area contributed by atoms with Crippen LogP contribution in [0.3, 0.4) is 0 Å². The number of esters is 1. The van der Waals surface area contributed by atoms with Crippen molar-refractivity contribution >= 4 is 5.97 Å². The molecule has 0 aromatic carbocycles. The van der Waals surface area contributed by atoms with Crippen LogP contribution in [0, 0.1) is 0 Å². The van der Waals surface area contributed by atoms with Gasteiger partial charge in [0.15, 0.2) is 0 Å². The fraction of sp³-hybridized carbons (Fsp3) is 0.900. The highest BCUT2D eigenvalue weighted by Crippen LogP contribution is 2.07. The lowest BCUT2D eigenvalue weighted by atomic mass is 10.0. The van der Waals surface area contributed by atoms with Gasteiger partial charge in [-0.1, -0.05) is 0 Å². The Balaban J connectivity index is 3.59. The summed E-state index contributed by atoms with van der Waals surface area (Å²) in [4.78, 5) is 12.9. The number of rotatable bonds is 6. The summed E-state index contributed by atoms with van der Waals surface area (Å²) >= 11 is 0. The molecule has 4 nitrogen and oxygen atoms in total. The highest BCUT2D eigenvalue weighted by atomic mass is 16.5. The topological polar surface area (TPSA) is 41.6 Å². The minimum absolute atomic E-state index is 0.107. The van der Waals surface area contributed by atoms with E-state index in [1.54, 1.807) is 0 Å². The third-order valence-electron chi connectivity index (χ3n) is 2.50. The average molecular weight is 202 g/mol. The molecule has 1 N–H and O–H groups in total. The third-order valence-corrected chi connectivity index (χ3v) is 2.50. The van der Waals surface area contributed by atoms with E-state index in [0.717, 1.165) is 6.54 Å². The van der Waals surface area contributed by atoms with Crippen LogP contribution in [0.4, 0.5) is 0 Å². The van der Waals surface area contributed by atoms with Gasteiger partial charge in [-0.25, -0.2) is 0 Å². The van der Waals surface area contributed by atoms with Crippen molar-refractivity contribution in [2.75, 3.05) is 34.3 Å². The molecule has 0 atom stereocenters. The van der Waals surface area contributed by atoms with E-state index in [4.69, 9.17) is 0 Å². The predicted molar refractivity (Wildman–Crippen MR) is 57.3 cm³/mol. The molecule has 0 aliphatic heterocycles. The Morgan fingerprint density at radius 3 is 2.43 bits per heavy atom. The van der Waals surface area contributed by atoms with Crippen molar-refractivity contribution in [3.63, 3.8) is 0 Å². The van der Waals surface area contributed by atoms with Crippen molar-refractivity contribution in [3.05, 3.63) is 0 Å². The summed E-state index contributed by atoms with van der Waals surface area (Å²) in [5.41, 5.74) is 0.107. The standard InChI is InChI=1S/C10H22N2O2/c1-10(2,12(3)4)8-11-7-6-9(13)14-5/h11H,6-8H2,1-5H3. The number of ether oxygens (including phenoxy) is 1. The fourth-order valence-electron chi connectivity index (χ4n) is 0.845. The monoisotopic (exact) mass is 202 g/mol. The Morgan fingerprint density at radius 1 is 1.43 bits per heavy atom. The second kappa shape index (κ2) is 5.98. The van der Waals surface area contributed by atoms with Crippen LogP contribution in [-0.4, -0.2) is 50.7 Å². The van der Waals surface area contributed by atoms with Gasteiger partial charge in [-0.2, -0.15) is 0 Å². The summed E-state index contributed by atoms with van der Waals surface area (Å²) in [7, 11) is 5.50. The Hall–Kier alpha value is -0.610. The molecule has 0 rings (SSSR count). The molecular formula is C10H22N2O2. The maximum absolute atomic E-state index is 10.8. The van der Waals surface area contributed by atoms with Gasteiger partial charge in [-0.3, -0.25) is 4.79 Å². The second-order valence-electron chi connectivity index (χ2n) is 4.21. The molecule has 0 spiro atoms. The van der Waals surface area contributed by atoms with Gasteiger partial charge >= 0.3 is 5.97 Å². The number of hydrogen-bond acceptors (Lipinski definition) is 4. The molecule has 84 valence electrons. The number of nitrogens with zero attached hydrogens (tertiary/aromatic N) is 1. The maximum atomic E-state index is 10.8. The first-order valence-corrected chi connectivity index (χ1v) is 4.85. The SMILES string of the molecule is COC(=O)CCNCC(C)(C)N(C)C. The quantitative estimate of drug-likeness (QED) is 0.502. The van der Waals surface area contributed by atoms with Crippen molar-refractivity contribution in [2.24, 2.45) is 0 Å². The van der Waals surface area contributed by atoms with Crippen molar-refractivity contribution in [1.82, 2.24) is 10.2 Å². The smallest absolute Gasteiger partial charge is 0.306 e. The molecule has 0 aromatic rings. The predicted octanol–water partition coefficient (Wildman–Crippen LogP) is 0.479. The Bertz CT molecular complexity index is 179. The van der Waals surface area contributed by atoms with Crippen LogP contribution in [0.5, 0.6) is 0 Å². The van der Waals surface area contributed by atoms with Gasteiger partial charge in [-0.05, 0) is 27.9 Å². The molecular weight excluding hydrogens is 180 g/mol. The molecule has 0 aliphatic carbocycles. The molecule has 0 saturated heterocycles. The van der Waals surface area contributed by atoms with Crippen LogP contribution in [-0.2, 0) is 9.53 Å². The van der Waals surface area contributed by atoms with Crippen LogP contribution >= 0.6 is 0 Å². The highest BCUT2D eigenvalue weighted by Gasteiger charge is 2.19. The van der Waals surface area contributed by atoms with Crippen LogP contribution in [0.2, 0.25) is 0 Å². The van der Waals surface area contributed by atoms with Crippen LogP contribution in [0.25, 0.3) is 0 Å². The Labute approximate surface area is 86.6 Å². The number of nitrogens with one attached hydrogen (secondary N) is 1. The lowest BCUT2D eigenvalue weighted by molar-refractivity contribution is -0.140. The van der Waals surface area contributed by atoms with E-state index < -0.39 is 0 Å². The molecule has 0 aliphatic rings. The van der Waals surface area contributed by atoms with Crippen molar-refractivity contribution < 1.29 is 9.53 Å². The maximum Gasteiger partial charge on any atom is 0.306 e. The molecule has 0 unspecified atom stereocenters. The van der Waals surface area contributed by atoms with Crippen LogP contribution in [0.1, 0.15) is 20.3 Å². The van der Waals surface area contributed by atoms with Crippen LogP contribution in [0.15, 0.2) is 0 Å². The van der Waals surface area contributed by atoms with Gasteiger partial charge in [0.05, 0.1) is 13.5 Å². The Morgan fingerprint density at radius 2 is 2.00 bits per heavy atom. The first-order chi connectivity index (χ1) is 6.40. The molecule has 0 bridgehead atoms. The van der Waals surface area contributed by atoms with E-state index in [0.29, 0.717) is 13.0 Å². The number of methoxy groups -OCH3 is 1. The molecule has 4 heteroatoms. The van der Waals surface area contributed by atoms with Gasteiger partial charge in [0.2, 0.25) is 0 Å². The van der Waals surface area contributed by atoms with Gasteiger partial charge in [0.1, 0.15) is 0 Å². The molecule has 14 heavy (non-hydrogen) atoms. The molecule has 0 saturated carbocycles. The third kappa shape index (κ3) is 5.19. The normalized spacial score (nSPS) is 11.9. The second-order valence-corrected chi connectivity index (χ2v) is 4.21. The van der Waals surface area contributed by atoms with Crippen molar-refractivity contribution in [2.45, 2.75) is 25.8 Å². The highest BCUT2D eigenvalue weighted by molar-refractivity contribution is 5.69. The summed E-state index contributed by atoms with van der Waals surface area (Å²) < 4.78 is 4.54. The van der Waals surface area contributed by atoms with E-state index in [2.05, 4.69) is 28.8 Å². The molecule has 0 amide bonds. The number of likely N-dealkylation sites (N-methyl/N-ethyl adjacent to an activating group) is 1. The van der Waals surface area contributed by atoms with E-state index >= 15 is 0 Å². The zero-order valence-electron chi connectivity index (χ0n) is 9.89.